The van der Waals surface area contributed by atoms with Crippen molar-refractivity contribution < 1.29 is 47.5 Å². The van der Waals surface area contributed by atoms with Gasteiger partial charge in [0, 0.05) is 6.42 Å². The topological polar surface area (TPSA) is 108 Å². The van der Waals surface area contributed by atoms with Gasteiger partial charge in [-0.1, -0.05) is 96.8 Å². The second kappa shape index (κ2) is 35.0. The molecule has 0 saturated carbocycles. The summed E-state index contributed by atoms with van der Waals surface area (Å²) in [5.41, 5.74) is -0.509. The Morgan fingerprint density at radius 1 is 0.413 bits per heavy atom. The van der Waals surface area contributed by atoms with Crippen LogP contribution in [0.1, 0.15) is 130 Å². The SMILES string of the molecule is CCCCCCCCCCCCCCCCCC(=O)OCCOCCOCCOCCOCCOCCOCC(=O)OC(C)(C)C. The van der Waals surface area contributed by atoms with Gasteiger partial charge in [0.2, 0.25) is 0 Å². The number of unbranched alkanes of at least 4 members (excludes halogenated alkanes) is 14. The number of ether oxygens (including phenoxy) is 8. The standard InChI is InChI=1S/C36H70O10/c1-5-6-7-8-9-10-11-12-13-14-15-16-17-18-19-20-34(37)45-32-31-43-28-27-41-24-23-39-21-22-40-25-26-42-29-30-44-33-35(38)46-36(2,3)4/h5-33H2,1-4H3. The van der Waals surface area contributed by atoms with Crippen LogP contribution in [-0.2, 0) is 47.5 Å². The summed E-state index contributed by atoms with van der Waals surface area (Å²) in [5, 5.41) is 0. The molecule has 0 amide bonds. The maximum atomic E-state index is 11.9. The van der Waals surface area contributed by atoms with E-state index in [0.29, 0.717) is 79.1 Å². The van der Waals surface area contributed by atoms with Gasteiger partial charge in [-0.3, -0.25) is 4.79 Å². The van der Waals surface area contributed by atoms with Crippen LogP contribution < -0.4 is 0 Å². The van der Waals surface area contributed by atoms with Gasteiger partial charge < -0.3 is 37.9 Å². The minimum atomic E-state index is -0.509. The number of hydrogen-bond acceptors (Lipinski definition) is 10. The molecular formula is C36H70O10. The number of carbonyl (C=O) groups is 2. The monoisotopic (exact) mass is 662 g/mol. The van der Waals surface area contributed by atoms with Crippen LogP contribution in [0.5, 0.6) is 0 Å². The fraction of sp³-hybridized carbons (Fsp3) is 0.944. The summed E-state index contributed by atoms with van der Waals surface area (Å²) in [7, 11) is 0. The molecule has 0 atom stereocenters. The molecule has 0 heterocycles. The average molecular weight is 663 g/mol. The van der Waals surface area contributed by atoms with Crippen molar-refractivity contribution in [3.8, 4) is 0 Å². The van der Waals surface area contributed by atoms with Crippen LogP contribution in [0.3, 0.4) is 0 Å². The largest absolute Gasteiger partial charge is 0.463 e. The Bertz CT molecular complexity index is 653. The maximum Gasteiger partial charge on any atom is 0.332 e. The van der Waals surface area contributed by atoms with E-state index in [1.807, 2.05) is 20.8 Å². The molecule has 0 rings (SSSR count). The zero-order chi connectivity index (χ0) is 33.8. The van der Waals surface area contributed by atoms with Gasteiger partial charge in [-0.25, -0.2) is 4.79 Å². The fourth-order valence-corrected chi connectivity index (χ4v) is 4.55. The van der Waals surface area contributed by atoms with Crippen LogP contribution in [-0.4, -0.2) is 103 Å². The number of rotatable bonds is 36. The van der Waals surface area contributed by atoms with Crippen molar-refractivity contribution in [3.63, 3.8) is 0 Å². The van der Waals surface area contributed by atoms with Gasteiger partial charge in [0.05, 0.1) is 72.7 Å². The summed E-state index contributed by atoms with van der Waals surface area (Å²) in [6.45, 7) is 12.7. The van der Waals surface area contributed by atoms with Gasteiger partial charge in [0.15, 0.2) is 0 Å². The third-order valence-electron chi connectivity index (χ3n) is 6.98. The molecule has 46 heavy (non-hydrogen) atoms. The highest BCUT2D eigenvalue weighted by molar-refractivity contribution is 5.71. The van der Waals surface area contributed by atoms with Crippen LogP contribution in [0.2, 0.25) is 0 Å². The van der Waals surface area contributed by atoms with Crippen molar-refractivity contribution in [1.29, 1.82) is 0 Å². The Balaban J connectivity index is 3.19. The van der Waals surface area contributed by atoms with Crippen molar-refractivity contribution in [2.24, 2.45) is 0 Å². The zero-order valence-electron chi connectivity index (χ0n) is 30.1. The van der Waals surface area contributed by atoms with Gasteiger partial charge in [-0.15, -0.1) is 0 Å². The number of hydrogen-bond donors (Lipinski definition) is 0. The van der Waals surface area contributed by atoms with Crippen molar-refractivity contribution >= 4 is 11.9 Å². The maximum absolute atomic E-state index is 11.9. The van der Waals surface area contributed by atoms with Crippen molar-refractivity contribution in [3.05, 3.63) is 0 Å². The van der Waals surface area contributed by atoms with Crippen LogP contribution in [0.15, 0.2) is 0 Å². The highest BCUT2D eigenvalue weighted by atomic mass is 16.6. The van der Waals surface area contributed by atoms with E-state index in [9.17, 15) is 9.59 Å². The lowest BCUT2D eigenvalue weighted by molar-refractivity contribution is -0.160. The molecule has 0 saturated heterocycles. The Morgan fingerprint density at radius 3 is 1.11 bits per heavy atom. The molecule has 10 heteroatoms. The molecule has 0 aromatic carbocycles. The summed E-state index contributed by atoms with van der Waals surface area (Å²) in [5.74, 6) is -0.519. The van der Waals surface area contributed by atoms with Crippen LogP contribution in [0.25, 0.3) is 0 Å². The van der Waals surface area contributed by atoms with E-state index in [1.165, 1.54) is 83.5 Å². The molecule has 0 aromatic rings. The van der Waals surface area contributed by atoms with Gasteiger partial charge >= 0.3 is 11.9 Å². The minimum absolute atomic E-state index is 0.0814. The third kappa shape index (κ3) is 38.9. The molecule has 0 fully saturated rings. The lowest BCUT2D eigenvalue weighted by atomic mass is 10.0. The lowest BCUT2D eigenvalue weighted by Crippen LogP contribution is -2.27. The first-order valence-corrected chi connectivity index (χ1v) is 18.2. The molecule has 0 aliphatic carbocycles. The summed E-state index contributed by atoms with van der Waals surface area (Å²) >= 11 is 0. The molecule has 10 nitrogen and oxygen atoms in total. The smallest absolute Gasteiger partial charge is 0.332 e. The van der Waals surface area contributed by atoms with Crippen LogP contribution >= 0.6 is 0 Å². The molecule has 0 bridgehead atoms. The van der Waals surface area contributed by atoms with E-state index in [1.54, 1.807) is 0 Å². The Hall–Kier alpha value is -1.30. The van der Waals surface area contributed by atoms with Gasteiger partial charge in [-0.2, -0.15) is 0 Å². The van der Waals surface area contributed by atoms with E-state index in [4.69, 9.17) is 37.9 Å². The van der Waals surface area contributed by atoms with E-state index in [2.05, 4.69) is 6.92 Å². The highest BCUT2D eigenvalue weighted by Gasteiger charge is 2.15. The molecule has 0 spiro atoms. The number of carbonyl (C=O) groups excluding carboxylic acids is 2. The average Bonchev–Trinajstić information content (AvgIpc) is 3.01. The molecule has 0 N–H and O–H groups in total. The van der Waals surface area contributed by atoms with E-state index >= 15 is 0 Å². The first-order valence-electron chi connectivity index (χ1n) is 18.2. The second-order valence-electron chi connectivity index (χ2n) is 12.6. The quantitative estimate of drug-likeness (QED) is 0.0504. The predicted octanol–water partition coefficient (Wildman–Crippen LogP) is 7.23. The first kappa shape index (κ1) is 44.7. The van der Waals surface area contributed by atoms with Crippen molar-refractivity contribution in [1.82, 2.24) is 0 Å². The highest BCUT2D eigenvalue weighted by Crippen LogP contribution is 2.14. The summed E-state index contributed by atoms with van der Waals surface area (Å²) in [6, 6.07) is 0. The third-order valence-corrected chi connectivity index (χ3v) is 6.98. The molecule has 0 unspecified atom stereocenters. The van der Waals surface area contributed by atoms with Crippen molar-refractivity contribution in [2.75, 3.05) is 85.9 Å². The lowest BCUT2D eigenvalue weighted by Gasteiger charge is -2.19. The second-order valence-corrected chi connectivity index (χ2v) is 12.6. The molecular weight excluding hydrogens is 592 g/mol. The van der Waals surface area contributed by atoms with Gasteiger partial charge in [-0.05, 0) is 27.2 Å². The fourth-order valence-electron chi connectivity index (χ4n) is 4.55. The van der Waals surface area contributed by atoms with Crippen LogP contribution in [0, 0.1) is 0 Å². The summed E-state index contributed by atoms with van der Waals surface area (Å²) < 4.78 is 42.8. The number of esters is 2. The first-order chi connectivity index (χ1) is 22.3. The molecule has 0 aliphatic rings. The van der Waals surface area contributed by atoms with Crippen molar-refractivity contribution in [2.45, 2.75) is 136 Å². The Labute approximate surface area is 281 Å². The predicted molar refractivity (Wildman–Crippen MR) is 181 cm³/mol. The minimum Gasteiger partial charge on any atom is -0.463 e. The normalized spacial score (nSPS) is 11.7. The van der Waals surface area contributed by atoms with E-state index in [0.717, 1.165) is 12.8 Å². The van der Waals surface area contributed by atoms with E-state index in [-0.39, 0.29) is 25.2 Å². The Morgan fingerprint density at radius 2 is 0.739 bits per heavy atom. The van der Waals surface area contributed by atoms with Crippen LogP contribution in [0.4, 0.5) is 0 Å². The summed E-state index contributed by atoms with van der Waals surface area (Å²) in [6.07, 6.45) is 20.2. The van der Waals surface area contributed by atoms with Gasteiger partial charge in [0.1, 0.15) is 18.8 Å². The molecule has 274 valence electrons. The molecule has 0 aliphatic heterocycles. The van der Waals surface area contributed by atoms with E-state index < -0.39 is 5.60 Å². The molecule has 0 aromatic heterocycles. The zero-order valence-corrected chi connectivity index (χ0v) is 30.1. The summed E-state index contributed by atoms with van der Waals surface area (Å²) in [4.78, 5) is 23.4. The molecule has 0 radical (unpaired) electrons. The van der Waals surface area contributed by atoms with Gasteiger partial charge in [0.25, 0.3) is 0 Å². The Kier molecular flexibility index (Phi) is 34.0.